The van der Waals surface area contributed by atoms with Crippen LogP contribution in [0.25, 0.3) is 0 Å². The van der Waals surface area contributed by atoms with Crippen LogP contribution in [-0.2, 0) is 0 Å². The number of fused-ring (bicyclic) bond motifs is 6. The maximum atomic E-state index is 7.22. The Labute approximate surface area is 408 Å². The molecule has 0 spiro atoms. The Morgan fingerprint density at radius 3 is 1.39 bits per heavy atom. The molecule has 4 nitrogen and oxygen atoms in total. The topological polar surface area (TPSA) is 19.0 Å². The van der Waals surface area contributed by atoms with E-state index in [1.54, 1.807) is 0 Å². The summed E-state index contributed by atoms with van der Waals surface area (Å²) in [5.41, 5.74) is 21.9. The van der Waals surface area contributed by atoms with Crippen molar-refractivity contribution in [2.75, 3.05) is 14.7 Å². The maximum Gasteiger partial charge on any atom is 0.252 e. The van der Waals surface area contributed by atoms with Gasteiger partial charge in [-0.15, -0.1) is 0 Å². The fourth-order valence-corrected chi connectivity index (χ4v) is 11.5. The van der Waals surface area contributed by atoms with Gasteiger partial charge in [-0.25, -0.2) is 0 Å². The van der Waals surface area contributed by atoms with Crippen molar-refractivity contribution in [1.29, 1.82) is 0 Å². The molecule has 69 heavy (non-hydrogen) atoms. The summed E-state index contributed by atoms with van der Waals surface area (Å²) in [6, 6.07) is 76.1. The Balaban J connectivity index is 1.19. The number of ether oxygens (including phenoxy) is 1. The Morgan fingerprint density at radius 1 is 0.362 bits per heavy atom. The number of para-hydroxylation sites is 6. The van der Waals surface area contributed by atoms with Gasteiger partial charge in [0.2, 0.25) is 0 Å². The highest BCUT2D eigenvalue weighted by atomic mass is 16.5. The second kappa shape index (κ2) is 17.1. The Kier molecular flexibility index (Phi) is 10.6. The van der Waals surface area contributed by atoms with Gasteiger partial charge < -0.3 is 19.4 Å². The SMILES string of the molecule is CC(C)c1cc(C(C)C)c(B2c3ccccc3Oc3cc4c(cc32)N(c2ccccc2)c2cc(N(c3ccccc3)c3ccccc3)cc3c2B4c2ccccc2N3c2ccccc2)c(C(C)C)c1. The second-order valence-electron chi connectivity index (χ2n) is 19.8. The molecule has 0 unspecified atom stereocenters. The highest BCUT2D eigenvalue weighted by Crippen LogP contribution is 2.48. The van der Waals surface area contributed by atoms with Gasteiger partial charge in [0.25, 0.3) is 13.4 Å². The van der Waals surface area contributed by atoms with Gasteiger partial charge in [0, 0.05) is 45.5 Å². The van der Waals surface area contributed by atoms with Gasteiger partial charge in [-0.3, -0.25) is 0 Å². The van der Waals surface area contributed by atoms with E-state index in [2.05, 4.69) is 262 Å². The van der Waals surface area contributed by atoms with E-state index in [1.807, 2.05) is 0 Å². The van der Waals surface area contributed by atoms with Crippen molar-refractivity contribution in [3.05, 3.63) is 223 Å². The fourth-order valence-electron chi connectivity index (χ4n) is 11.5. The molecule has 3 heterocycles. The van der Waals surface area contributed by atoms with Gasteiger partial charge in [-0.05, 0) is 147 Å². The zero-order chi connectivity index (χ0) is 46.9. The van der Waals surface area contributed by atoms with Gasteiger partial charge in [-0.2, -0.15) is 0 Å². The summed E-state index contributed by atoms with van der Waals surface area (Å²) in [5, 5.41) is 0. The maximum absolute atomic E-state index is 7.22. The minimum Gasteiger partial charge on any atom is -0.458 e. The molecule has 0 N–H and O–H groups in total. The number of hydrogen-bond acceptors (Lipinski definition) is 4. The number of anilines is 9. The van der Waals surface area contributed by atoms with Gasteiger partial charge >= 0.3 is 0 Å². The minimum absolute atomic E-state index is 0.0500. The third-order valence-corrected chi connectivity index (χ3v) is 14.6. The third-order valence-electron chi connectivity index (χ3n) is 14.6. The van der Waals surface area contributed by atoms with Crippen LogP contribution in [0.5, 0.6) is 11.5 Å². The van der Waals surface area contributed by atoms with Crippen molar-refractivity contribution in [2.45, 2.75) is 59.3 Å². The van der Waals surface area contributed by atoms with Crippen LogP contribution in [0.15, 0.2) is 206 Å². The molecule has 12 rings (SSSR count). The van der Waals surface area contributed by atoms with E-state index >= 15 is 0 Å². The van der Waals surface area contributed by atoms with E-state index in [-0.39, 0.29) is 13.4 Å². The first kappa shape index (κ1) is 42.6. The van der Waals surface area contributed by atoms with E-state index in [1.165, 1.54) is 60.8 Å². The van der Waals surface area contributed by atoms with Gasteiger partial charge in [0.1, 0.15) is 11.5 Å². The van der Waals surface area contributed by atoms with Crippen LogP contribution >= 0.6 is 0 Å². The molecule has 0 amide bonds. The molecule has 0 bridgehead atoms. The molecule has 9 aromatic rings. The van der Waals surface area contributed by atoms with Gasteiger partial charge in [0.15, 0.2) is 0 Å². The molecule has 0 saturated carbocycles. The van der Waals surface area contributed by atoms with Crippen LogP contribution in [0.4, 0.5) is 51.2 Å². The molecule has 3 aliphatic heterocycles. The first-order valence-corrected chi connectivity index (χ1v) is 24.7. The molecule has 6 heteroatoms. The predicted molar refractivity (Wildman–Crippen MR) is 295 cm³/mol. The minimum atomic E-state index is -0.0932. The highest BCUT2D eigenvalue weighted by molar-refractivity contribution is 7.01. The lowest BCUT2D eigenvalue weighted by atomic mass is 9.31. The zero-order valence-electron chi connectivity index (χ0n) is 40.3. The van der Waals surface area contributed by atoms with Gasteiger partial charge in [0.05, 0.1) is 5.69 Å². The summed E-state index contributed by atoms with van der Waals surface area (Å²) in [6.45, 7) is 14.0. The van der Waals surface area contributed by atoms with Crippen molar-refractivity contribution in [3.8, 4) is 11.5 Å². The van der Waals surface area contributed by atoms with Gasteiger partial charge in [-0.1, -0.05) is 168 Å². The first-order valence-electron chi connectivity index (χ1n) is 24.7. The summed E-state index contributed by atoms with van der Waals surface area (Å²) in [5.74, 6) is 2.91. The largest absolute Gasteiger partial charge is 0.458 e. The van der Waals surface area contributed by atoms with E-state index in [4.69, 9.17) is 4.74 Å². The summed E-state index contributed by atoms with van der Waals surface area (Å²) in [4.78, 5) is 7.44. The first-order chi connectivity index (χ1) is 33.7. The number of nitrogens with zero attached hydrogens (tertiary/aromatic N) is 3. The highest BCUT2D eigenvalue weighted by Gasteiger charge is 2.46. The number of hydrogen-bond donors (Lipinski definition) is 0. The van der Waals surface area contributed by atoms with E-state index in [0.29, 0.717) is 17.8 Å². The molecule has 0 saturated heterocycles. The Hall–Kier alpha value is -7.69. The van der Waals surface area contributed by atoms with E-state index in [9.17, 15) is 0 Å². The smallest absolute Gasteiger partial charge is 0.252 e. The molecule has 0 atom stereocenters. The van der Waals surface area contributed by atoms with Crippen molar-refractivity contribution < 1.29 is 4.74 Å². The average molecular weight is 892 g/mol. The summed E-state index contributed by atoms with van der Waals surface area (Å²) in [7, 11) is 0. The third kappa shape index (κ3) is 7.07. The van der Waals surface area contributed by atoms with Crippen LogP contribution < -0.4 is 52.2 Å². The van der Waals surface area contributed by atoms with E-state index in [0.717, 1.165) is 51.3 Å². The second-order valence-corrected chi connectivity index (χ2v) is 19.8. The standard InChI is InChI=1S/C63H55B2N3O/c1-41(2)44-35-50(42(3)4)62(51(36-44)43(5)6)65-53-32-20-22-34-60(53)69-61-40-54-57(39-55(61)65)68(48-29-17-10-18-30-48)59-38-49(66(45-23-11-7-12-24-45)46-25-13-8-14-26-46)37-58-63(59)64(54)52-31-19-21-33-56(52)67(58)47-27-15-9-16-28-47/h7-43H,1-6H3. The van der Waals surface area contributed by atoms with Crippen molar-refractivity contribution in [2.24, 2.45) is 0 Å². The lowest BCUT2D eigenvalue weighted by molar-refractivity contribution is 0.488. The summed E-state index contributed by atoms with van der Waals surface area (Å²) >= 11 is 0. The van der Waals surface area contributed by atoms with Crippen LogP contribution in [0.3, 0.4) is 0 Å². The van der Waals surface area contributed by atoms with Crippen LogP contribution in [0.1, 0.15) is 76.0 Å². The Bertz CT molecular complexity index is 3310. The average Bonchev–Trinajstić information content (AvgIpc) is 3.38. The normalized spacial score (nSPS) is 13.2. The molecule has 9 aromatic carbocycles. The monoisotopic (exact) mass is 891 g/mol. The molecule has 3 aliphatic rings. The molecular weight excluding hydrogens is 836 g/mol. The fraction of sp³-hybridized carbons (Fsp3) is 0.143. The number of benzene rings is 9. The van der Waals surface area contributed by atoms with Crippen molar-refractivity contribution in [1.82, 2.24) is 0 Å². The quantitative estimate of drug-likeness (QED) is 0.134. The van der Waals surface area contributed by atoms with Crippen LogP contribution in [-0.4, -0.2) is 13.4 Å². The lowest BCUT2D eigenvalue weighted by Gasteiger charge is -2.45. The van der Waals surface area contributed by atoms with Crippen LogP contribution in [0.2, 0.25) is 0 Å². The van der Waals surface area contributed by atoms with Crippen LogP contribution in [0, 0.1) is 0 Å². The van der Waals surface area contributed by atoms with E-state index < -0.39 is 0 Å². The summed E-state index contributed by atoms with van der Waals surface area (Å²) in [6.07, 6.45) is 0. The molecule has 0 radical (unpaired) electrons. The molecule has 0 aliphatic carbocycles. The zero-order valence-corrected chi connectivity index (χ0v) is 40.3. The summed E-state index contributed by atoms with van der Waals surface area (Å²) < 4.78 is 7.22. The Morgan fingerprint density at radius 2 is 0.841 bits per heavy atom. The molecular formula is C63H55B2N3O. The number of rotatable bonds is 9. The lowest BCUT2D eigenvalue weighted by Crippen LogP contribution is -2.63. The van der Waals surface area contributed by atoms with Crippen molar-refractivity contribution >= 4 is 97.4 Å². The molecule has 0 fully saturated rings. The van der Waals surface area contributed by atoms with Crippen molar-refractivity contribution in [3.63, 3.8) is 0 Å². The molecule has 0 aromatic heterocycles. The predicted octanol–water partition coefficient (Wildman–Crippen LogP) is 13.2. The molecule has 334 valence electrons.